The van der Waals surface area contributed by atoms with E-state index in [1.165, 1.54) is 19.3 Å². The van der Waals surface area contributed by atoms with Crippen LogP contribution in [-0.4, -0.2) is 25.0 Å². The molecule has 1 aromatic carbocycles. The fourth-order valence-corrected chi connectivity index (χ4v) is 3.92. The molecule has 26 heavy (non-hydrogen) atoms. The molecule has 0 unspecified atom stereocenters. The second-order valence-corrected chi connectivity index (χ2v) is 7.19. The third kappa shape index (κ3) is 4.45. The van der Waals surface area contributed by atoms with Gasteiger partial charge < -0.3 is 15.4 Å². The summed E-state index contributed by atoms with van der Waals surface area (Å²) in [6.45, 7) is 0. The van der Waals surface area contributed by atoms with Crippen molar-refractivity contribution in [3.63, 3.8) is 0 Å². The van der Waals surface area contributed by atoms with E-state index in [1.54, 1.807) is 7.11 Å². The van der Waals surface area contributed by atoms with Crippen LogP contribution in [0.15, 0.2) is 36.4 Å². The molecule has 1 saturated carbocycles. The van der Waals surface area contributed by atoms with Crippen molar-refractivity contribution < 1.29 is 14.3 Å². The van der Waals surface area contributed by atoms with E-state index in [9.17, 15) is 9.59 Å². The highest BCUT2D eigenvalue weighted by molar-refractivity contribution is 5.97. The summed E-state index contributed by atoms with van der Waals surface area (Å²) in [4.78, 5) is 25.7. The summed E-state index contributed by atoms with van der Waals surface area (Å²) in [6.07, 6.45) is 10.9. The van der Waals surface area contributed by atoms with Gasteiger partial charge in [-0.05, 0) is 37.8 Å². The number of hydrogen-bond donors (Lipinski definition) is 2. The van der Waals surface area contributed by atoms with Crippen molar-refractivity contribution in [2.24, 2.45) is 11.8 Å². The third-order valence-corrected chi connectivity index (χ3v) is 5.42. The average molecular weight is 356 g/mol. The molecule has 0 saturated heterocycles. The molecule has 3 rings (SSSR count). The molecule has 0 aliphatic heterocycles. The van der Waals surface area contributed by atoms with E-state index >= 15 is 0 Å². The number of para-hydroxylation sites is 2. The Morgan fingerprint density at radius 1 is 0.962 bits per heavy atom. The van der Waals surface area contributed by atoms with Crippen molar-refractivity contribution in [2.45, 2.75) is 51.0 Å². The van der Waals surface area contributed by atoms with Crippen LogP contribution in [0.3, 0.4) is 0 Å². The zero-order valence-corrected chi connectivity index (χ0v) is 15.4. The first kappa shape index (κ1) is 18.5. The second kappa shape index (κ2) is 8.88. The summed E-state index contributed by atoms with van der Waals surface area (Å²) in [5, 5.41) is 6.12. The SMILES string of the molecule is COc1ccccc1NC(=O)[C@H]1CC=CC[C@@H]1C(=O)NC1CCCCC1. The van der Waals surface area contributed by atoms with Crippen LogP contribution < -0.4 is 15.4 Å². The highest BCUT2D eigenvalue weighted by atomic mass is 16.5. The van der Waals surface area contributed by atoms with Crippen LogP contribution in [-0.2, 0) is 9.59 Å². The molecule has 2 N–H and O–H groups in total. The summed E-state index contributed by atoms with van der Waals surface area (Å²) >= 11 is 0. The topological polar surface area (TPSA) is 67.4 Å². The second-order valence-electron chi connectivity index (χ2n) is 7.19. The molecule has 5 heteroatoms. The summed E-state index contributed by atoms with van der Waals surface area (Å²) < 4.78 is 5.30. The molecule has 0 bridgehead atoms. The molecule has 0 radical (unpaired) electrons. The molecule has 5 nitrogen and oxygen atoms in total. The molecule has 2 aliphatic carbocycles. The molecular weight excluding hydrogens is 328 g/mol. The van der Waals surface area contributed by atoms with Gasteiger partial charge in [-0.15, -0.1) is 0 Å². The van der Waals surface area contributed by atoms with Crippen LogP contribution in [0.4, 0.5) is 5.69 Å². The minimum Gasteiger partial charge on any atom is -0.495 e. The zero-order chi connectivity index (χ0) is 18.4. The van der Waals surface area contributed by atoms with Crippen molar-refractivity contribution in [1.29, 1.82) is 0 Å². The van der Waals surface area contributed by atoms with Crippen LogP contribution in [0, 0.1) is 11.8 Å². The zero-order valence-electron chi connectivity index (χ0n) is 15.4. The normalized spacial score (nSPS) is 23.3. The van der Waals surface area contributed by atoms with Crippen molar-refractivity contribution >= 4 is 17.5 Å². The van der Waals surface area contributed by atoms with Crippen LogP contribution in [0.2, 0.25) is 0 Å². The Kier molecular flexibility index (Phi) is 6.31. The van der Waals surface area contributed by atoms with E-state index in [4.69, 9.17) is 4.74 Å². The smallest absolute Gasteiger partial charge is 0.228 e. The fourth-order valence-electron chi connectivity index (χ4n) is 3.92. The quantitative estimate of drug-likeness (QED) is 0.791. The Bertz CT molecular complexity index is 665. The molecule has 1 fully saturated rings. The predicted molar refractivity (Wildman–Crippen MR) is 102 cm³/mol. The van der Waals surface area contributed by atoms with Gasteiger partial charge in [-0.25, -0.2) is 0 Å². The molecular formula is C21H28N2O3. The van der Waals surface area contributed by atoms with Crippen LogP contribution >= 0.6 is 0 Å². The van der Waals surface area contributed by atoms with Gasteiger partial charge in [-0.3, -0.25) is 9.59 Å². The molecule has 2 atom stereocenters. The van der Waals surface area contributed by atoms with Gasteiger partial charge in [-0.2, -0.15) is 0 Å². The minimum absolute atomic E-state index is 0.0152. The van der Waals surface area contributed by atoms with Crippen molar-refractivity contribution in [3.8, 4) is 5.75 Å². The number of amides is 2. The van der Waals surface area contributed by atoms with Gasteiger partial charge in [0.1, 0.15) is 5.75 Å². The van der Waals surface area contributed by atoms with Gasteiger partial charge in [0.05, 0.1) is 24.6 Å². The average Bonchev–Trinajstić information content (AvgIpc) is 2.69. The van der Waals surface area contributed by atoms with E-state index in [-0.39, 0.29) is 29.7 Å². The fraction of sp³-hybridized carbons (Fsp3) is 0.524. The summed E-state index contributed by atoms with van der Waals surface area (Å²) in [5.41, 5.74) is 0.640. The Morgan fingerprint density at radius 3 is 2.31 bits per heavy atom. The van der Waals surface area contributed by atoms with Crippen molar-refractivity contribution in [3.05, 3.63) is 36.4 Å². The molecule has 2 aliphatic rings. The van der Waals surface area contributed by atoms with Gasteiger partial charge >= 0.3 is 0 Å². The number of carbonyl (C=O) groups is 2. The Hall–Kier alpha value is -2.30. The van der Waals surface area contributed by atoms with Crippen LogP contribution in [0.25, 0.3) is 0 Å². The van der Waals surface area contributed by atoms with Crippen molar-refractivity contribution in [2.75, 3.05) is 12.4 Å². The first-order valence-corrected chi connectivity index (χ1v) is 9.58. The van der Waals surface area contributed by atoms with Gasteiger partial charge in [-0.1, -0.05) is 43.5 Å². The molecule has 0 aromatic heterocycles. The van der Waals surface area contributed by atoms with Gasteiger partial charge in [0.15, 0.2) is 0 Å². The van der Waals surface area contributed by atoms with Crippen LogP contribution in [0.5, 0.6) is 5.75 Å². The lowest BCUT2D eigenvalue weighted by atomic mass is 9.81. The number of allylic oxidation sites excluding steroid dienone is 2. The Labute approximate surface area is 155 Å². The minimum atomic E-state index is -0.353. The largest absolute Gasteiger partial charge is 0.495 e. The Balaban J connectivity index is 1.66. The van der Waals surface area contributed by atoms with Crippen LogP contribution in [0.1, 0.15) is 44.9 Å². The number of ether oxygens (including phenoxy) is 1. The van der Waals surface area contributed by atoms with E-state index < -0.39 is 0 Å². The number of nitrogens with one attached hydrogen (secondary N) is 2. The van der Waals surface area contributed by atoms with E-state index in [2.05, 4.69) is 10.6 Å². The number of carbonyl (C=O) groups excluding carboxylic acids is 2. The summed E-state index contributed by atoms with van der Waals surface area (Å²) in [7, 11) is 1.58. The molecule has 140 valence electrons. The maximum absolute atomic E-state index is 12.9. The summed E-state index contributed by atoms with van der Waals surface area (Å²) in [6, 6.07) is 7.60. The highest BCUT2D eigenvalue weighted by Gasteiger charge is 2.35. The maximum atomic E-state index is 12.9. The lowest BCUT2D eigenvalue weighted by Gasteiger charge is -2.30. The molecule has 1 aromatic rings. The summed E-state index contributed by atoms with van der Waals surface area (Å²) in [5.74, 6) is -0.149. The number of rotatable bonds is 5. The standard InChI is InChI=1S/C21H28N2O3/c1-26-19-14-8-7-13-18(19)23-21(25)17-12-6-5-11-16(17)20(24)22-15-9-3-2-4-10-15/h5-8,13-17H,2-4,9-12H2,1H3,(H,22,24)(H,23,25)/t16-,17-/m0/s1. The Morgan fingerprint density at radius 2 is 1.62 bits per heavy atom. The number of methoxy groups -OCH3 is 1. The van der Waals surface area contributed by atoms with Gasteiger partial charge in [0, 0.05) is 6.04 Å². The highest BCUT2D eigenvalue weighted by Crippen LogP contribution is 2.30. The number of hydrogen-bond acceptors (Lipinski definition) is 3. The monoisotopic (exact) mass is 356 g/mol. The molecule has 0 heterocycles. The van der Waals surface area contributed by atoms with E-state index in [0.29, 0.717) is 24.3 Å². The van der Waals surface area contributed by atoms with E-state index in [1.807, 2.05) is 36.4 Å². The first-order valence-electron chi connectivity index (χ1n) is 9.58. The van der Waals surface area contributed by atoms with Gasteiger partial charge in [0.25, 0.3) is 0 Å². The molecule has 2 amide bonds. The lowest BCUT2D eigenvalue weighted by molar-refractivity contribution is -0.133. The third-order valence-electron chi connectivity index (χ3n) is 5.42. The van der Waals surface area contributed by atoms with E-state index in [0.717, 1.165) is 12.8 Å². The van der Waals surface area contributed by atoms with Gasteiger partial charge in [0.2, 0.25) is 11.8 Å². The molecule has 0 spiro atoms. The lowest BCUT2D eigenvalue weighted by Crippen LogP contribution is -2.45. The first-order chi connectivity index (χ1) is 12.7. The number of benzene rings is 1. The predicted octanol–water partition coefficient (Wildman–Crippen LogP) is 3.67. The van der Waals surface area contributed by atoms with Crippen molar-refractivity contribution in [1.82, 2.24) is 5.32 Å². The maximum Gasteiger partial charge on any atom is 0.228 e. The number of anilines is 1.